The molecule has 1 N–H and O–H groups in total. The van der Waals surface area contributed by atoms with E-state index in [1.54, 1.807) is 32.2 Å². The normalized spacial score (nSPS) is 12.3. The summed E-state index contributed by atoms with van der Waals surface area (Å²) in [5.41, 5.74) is 0.842. The quantitative estimate of drug-likeness (QED) is 0.525. The van der Waals surface area contributed by atoms with Crippen molar-refractivity contribution in [2.24, 2.45) is 0 Å². The molecule has 2 amide bonds. The van der Waals surface area contributed by atoms with E-state index in [2.05, 4.69) is 5.32 Å². The van der Waals surface area contributed by atoms with Crippen molar-refractivity contribution in [3.8, 4) is 23.0 Å². The molecule has 180 valence electrons. The van der Waals surface area contributed by atoms with Gasteiger partial charge < -0.3 is 29.2 Å². The second-order valence-electron chi connectivity index (χ2n) is 7.70. The summed E-state index contributed by atoms with van der Waals surface area (Å²) in [4.78, 5) is 27.5. The van der Waals surface area contributed by atoms with Crippen LogP contribution in [0.15, 0.2) is 42.5 Å². The summed E-state index contributed by atoms with van der Waals surface area (Å²) < 4.78 is 21.5. The topological polar surface area (TPSA) is 86.3 Å². The van der Waals surface area contributed by atoms with Crippen LogP contribution in [-0.4, -0.2) is 56.7 Å². The molecule has 0 aliphatic carbocycles. The van der Waals surface area contributed by atoms with E-state index >= 15 is 0 Å². The van der Waals surface area contributed by atoms with Crippen LogP contribution in [0.25, 0.3) is 0 Å². The summed E-state index contributed by atoms with van der Waals surface area (Å²) in [6, 6.07) is 11.8. The van der Waals surface area contributed by atoms with E-state index in [0.29, 0.717) is 23.0 Å². The van der Waals surface area contributed by atoms with Crippen LogP contribution in [0, 0.1) is 0 Å². The van der Waals surface area contributed by atoms with Crippen molar-refractivity contribution in [2.45, 2.75) is 45.8 Å². The maximum atomic E-state index is 13.2. The number of hydrogen-bond acceptors (Lipinski definition) is 6. The number of nitrogens with one attached hydrogen (secondary N) is 1. The molecule has 8 nitrogen and oxygen atoms in total. The highest BCUT2D eigenvalue weighted by molar-refractivity contribution is 5.88. The SMILES string of the molecule is CCC(C)NC(=O)C(C)N(Cc1cccc(OC)c1)C(=O)COc1cc(OC)cc(OC)c1. The Labute approximate surface area is 195 Å². The first-order valence-corrected chi connectivity index (χ1v) is 10.9. The van der Waals surface area contributed by atoms with Crippen LogP contribution in [0.4, 0.5) is 0 Å². The average Bonchev–Trinajstić information content (AvgIpc) is 2.84. The lowest BCUT2D eigenvalue weighted by Gasteiger charge is -2.29. The van der Waals surface area contributed by atoms with Crippen molar-refractivity contribution >= 4 is 11.8 Å². The molecule has 0 fully saturated rings. The van der Waals surface area contributed by atoms with Gasteiger partial charge in [-0.2, -0.15) is 0 Å². The third-order valence-electron chi connectivity index (χ3n) is 5.34. The molecule has 0 aromatic heterocycles. The highest BCUT2D eigenvalue weighted by atomic mass is 16.5. The van der Waals surface area contributed by atoms with E-state index in [1.165, 1.54) is 19.1 Å². The molecule has 2 aromatic rings. The fraction of sp³-hybridized carbons (Fsp3) is 0.440. The van der Waals surface area contributed by atoms with E-state index in [0.717, 1.165) is 12.0 Å². The van der Waals surface area contributed by atoms with Gasteiger partial charge in [0.1, 0.15) is 29.0 Å². The predicted octanol–water partition coefficient (Wildman–Crippen LogP) is 3.42. The zero-order chi connectivity index (χ0) is 24.4. The van der Waals surface area contributed by atoms with Gasteiger partial charge in [-0.15, -0.1) is 0 Å². The highest BCUT2D eigenvalue weighted by Gasteiger charge is 2.27. The van der Waals surface area contributed by atoms with Gasteiger partial charge in [0.05, 0.1) is 21.3 Å². The molecule has 8 heteroatoms. The molecule has 0 saturated heterocycles. The van der Waals surface area contributed by atoms with E-state index in [-0.39, 0.29) is 31.0 Å². The smallest absolute Gasteiger partial charge is 0.261 e. The summed E-state index contributed by atoms with van der Waals surface area (Å²) >= 11 is 0. The van der Waals surface area contributed by atoms with Crippen LogP contribution in [0.1, 0.15) is 32.8 Å². The predicted molar refractivity (Wildman–Crippen MR) is 126 cm³/mol. The van der Waals surface area contributed by atoms with Gasteiger partial charge in [0, 0.05) is 30.8 Å². The number of ether oxygens (including phenoxy) is 4. The Bertz CT molecular complexity index is 911. The molecule has 2 atom stereocenters. The minimum absolute atomic E-state index is 0.00854. The van der Waals surface area contributed by atoms with Crippen molar-refractivity contribution in [2.75, 3.05) is 27.9 Å². The molecular weight excluding hydrogens is 424 g/mol. The Morgan fingerprint density at radius 2 is 1.52 bits per heavy atom. The lowest BCUT2D eigenvalue weighted by molar-refractivity contribution is -0.142. The fourth-order valence-electron chi connectivity index (χ4n) is 3.11. The first-order chi connectivity index (χ1) is 15.8. The van der Waals surface area contributed by atoms with Gasteiger partial charge in [-0.3, -0.25) is 9.59 Å². The number of hydrogen-bond donors (Lipinski definition) is 1. The molecule has 0 aliphatic heterocycles. The van der Waals surface area contributed by atoms with E-state index in [9.17, 15) is 9.59 Å². The zero-order valence-electron chi connectivity index (χ0n) is 20.2. The lowest BCUT2D eigenvalue weighted by Crippen LogP contribution is -2.50. The molecule has 2 unspecified atom stereocenters. The van der Waals surface area contributed by atoms with E-state index < -0.39 is 6.04 Å². The highest BCUT2D eigenvalue weighted by Crippen LogP contribution is 2.27. The van der Waals surface area contributed by atoms with Gasteiger partial charge in [-0.25, -0.2) is 0 Å². The summed E-state index contributed by atoms with van der Waals surface area (Å²) in [5.74, 6) is 1.65. The van der Waals surface area contributed by atoms with Gasteiger partial charge in [0.2, 0.25) is 5.91 Å². The number of carbonyl (C=O) groups excluding carboxylic acids is 2. The molecule has 2 rings (SSSR count). The van der Waals surface area contributed by atoms with Gasteiger partial charge in [0.15, 0.2) is 6.61 Å². The number of rotatable bonds is 12. The Balaban J connectivity index is 2.22. The number of methoxy groups -OCH3 is 3. The van der Waals surface area contributed by atoms with Crippen LogP contribution >= 0.6 is 0 Å². The molecule has 0 aliphatic rings. The summed E-state index contributed by atoms with van der Waals surface area (Å²) in [6.07, 6.45) is 0.795. The van der Waals surface area contributed by atoms with Crippen LogP contribution in [0.2, 0.25) is 0 Å². The minimum Gasteiger partial charge on any atom is -0.497 e. The zero-order valence-corrected chi connectivity index (χ0v) is 20.2. The first kappa shape index (κ1) is 25.8. The molecule has 0 heterocycles. The fourth-order valence-corrected chi connectivity index (χ4v) is 3.11. The molecule has 0 bridgehead atoms. The number of benzene rings is 2. The summed E-state index contributed by atoms with van der Waals surface area (Å²) in [6.45, 7) is 5.62. The van der Waals surface area contributed by atoms with Crippen molar-refractivity contribution in [1.82, 2.24) is 10.2 Å². The van der Waals surface area contributed by atoms with Gasteiger partial charge in [-0.05, 0) is 38.0 Å². The van der Waals surface area contributed by atoms with Crippen molar-refractivity contribution < 1.29 is 28.5 Å². The standard InChI is InChI=1S/C25H34N2O6/c1-7-17(2)26-25(29)18(3)27(15-19-9-8-10-20(11-19)30-4)24(28)16-33-23-13-21(31-5)12-22(14-23)32-6/h8-14,17-18H,7,15-16H2,1-6H3,(H,26,29). The van der Waals surface area contributed by atoms with Crippen LogP contribution in [-0.2, 0) is 16.1 Å². The average molecular weight is 459 g/mol. The first-order valence-electron chi connectivity index (χ1n) is 10.9. The minimum atomic E-state index is -0.693. The molecule has 2 aromatic carbocycles. The monoisotopic (exact) mass is 458 g/mol. The van der Waals surface area contributed by atoms with E-state index in [4.69, 9.17) is 18.9 Å². The van der Waals surface area contributed by atoms with Crippen molar-refractivity contribution in [3.05, 3.63) is 48.0 Å². The summed E-state index contributed by atoms with van der Waals surface area (Å²) in [7, 11) is 4.66. The molecule has 0 spiro atoms. The van der Waals surface area contributed by atoms with Crippen molar-refractivity contribution in [3.63, 3.8) is 0 Å². The Morgan fingerprint density at radius 1 is 0.909 bits per heavy atom. The third kappa shape index (κ3) is 7.59. The largest absolute Gasteiger partial charge is 0.497 e. The number of carbonyl (C=O) groups is 2. The molecule has 33 heavy (non-hydrogen) atoms. The molecule has 0 radical (unpaired) electrons. The lowest BCUT2D eigenvalue weighted by atomic mass is 10.1. The molecular formula is C25H34N2O6. The number of amides is 2. The van der Waals surface area contributed by atoms with Gasteiger partial charge in [-0.1, -0.05) is 19.1 Å². The third-order valence-corrected chi connectivity index (χ3v) is 5.34. The van der Waals surface area contributed by atoms with Crippen molar-refractivity contribution in [1.29, 1.82) is 0 Å². The van der Waals surface area contributed by atoms with Gasteiger partial charge in [0.25, 0.3) is 5.91 Å². The second kappa shape index (κ2) is 12.6. The van der Waals surface area contributed by atoms with Crippen LogP contribution in [0.3, 0.4) is 0 Å². The van der Waals surface area contributed by atoms with Crippen LogP contribution in [0.5, 0.6) is 23.0 Å². The maximum absolute atomic E-state index is 13.2. The molecule has 0 saturated carbocycles. The number of nitrogens with zero attached hydrogens (tertiary/aromatic N) is 1. The van der Waals surface area contributed by atoms with Gasteiger partial charge >= 0.3 is 0 Å². The Hall–Kier alpha value is -3.42. The second-order valence-corrected chi connectivity index (χ2v) is 7.70. The summed E-state index contributed by atoms with van der Waals surface area (Å²) in [5, 5.41) is 2.95. The van der Waals surface area contributed by atoms with Crippen LogP contribution < -0.4 is 24.3 Å². The Kier molecular flexibility index (Phi) is 9.84. The van der Waals surface area contributed by atoms with E-state index in [1.807, 2.05) is 38.1 Å². The Morgan fingerprint density at radius 3 is 2.09 bits per heavy atom. The maximum Gasteiger partial charge on any atom is 0.261 e.